The molecule has 4 nitrogen and oxygen atoms in total. The molecular formula is C14H16N2O2. The first-order chi connectivity index (χ1) is 8.79. The largest absolute Gasteiger partial charge is 0.385 e. The van der Waals surface area contributed by atoms with E-state index in [2.05, 4.69) is 9.97 Å². The van der Waals surface area contributed by atoms with Gasteiger partial charge in [-0.25, -0.2) is 4.98 Å². The zero-order valence-electron chi connectivity index (χ0n) is 10.3. The molecule has 2 aromatic rings. The van der Waals surface area contributed by atoms with E-state index in [0.717, 1.165) is 24.1 Å². The van der Waals surface area contributed by atoms with Crippen LogP contribution in [0, 0.1) is 0 Å². The quantitative estimate of drug-likeness (QED) is 0.819. The van der Waals surface area contributed by atoms with Crippen LogP contribution in [0.5, 0.6) is 0 Å². The number of nitrogens with one attached hydrogen (secondary N) is 1. The average molecular weight is 244 g/mol. The number of hydrogen-bond acceptors (Lipinski definition) is 3. The Morgan fingerprint density at radius 1 is 1.28 bits per heavy atom. The summed E-state index contributed by atoms with van der Waals surface area (Å²) in [5.74, 6) is 0.621. The highest BCUT2D eigenvalue weighted by Gasteiger charge is 2.03. The van der Waals surface area contributed by atoms with Crippen molar-refractivity contribution >= 4 is 0 Å². The van der Waals surface area contributed by atoms with Crippen molar-refractivity contribution in [2.75, 3.05) is 13.7 Å². The average Bonchev–Trinajstić information content (AvgIpc) is 2.39. The van der Waals surface area contributed by atoms with Crippen molar-refractivity contribution in [3.63, 3.8) is 0 Å². The van der Waals surface area contributed by atoms with E-state index < -0.39 is 0 Å². The summed E-state index contributed by atoms with van der Waals surface area (Å²) in [4.78, 5) is 18.8. The van der Waals surface area contributed by atoms with Gasteiger partial charge in [0.1, 0.15) is 5.82 Å². The van der Waals surface area contributed by atoms with Gasteiger partial charge in [-0.15, -0.1) is 0 Å². The molecule has 0 saturated heterocycles. The fourth-order valence-corrected chi connectivity index (χ4v) is 1.77. The first-order valence-corrected chi connectivity index (χ1v) is 5.94. The molecule has 0 aliphatic heterocycles. The lowest BCUT2D eigenvalue weighted by Crippen LogP contribution is -2.10. The summed E-state index contributed by atoms with van der Waals surface area (Å²) in [6.07, 6.45) is 1.61. The topological polar surface area (TPSA) is 55.0 Å². The Kier molecular flexibility index (Phi) is 4.25. The molecule has 0 aliphatic carbocycles. The maximum absolute atomic E-state index is 11.6. The fraction of sp³-hybridized carbons (Fsp3) is 0.286. The molecule has 0 unspecified atom stereocenters. The van der Waals surface area contributed by atoms with Gasteiger partial charge in [-0.1, -0.05) is 30.3 Å². The molecule has 4 heteroatoms. The Labute approximate surface area is 106 Å². The predicted octanol–water partition coefficient (Wildman–Crippen LogP) is 2.02. The first-order valence-electron chi connectivity index (χ1n) is 5.94. The number of benzene rings is 1. The molecule has 0 bridgehead atoms. The number of aromatic amines is 1. The third-order valence-electron chi connectivity index (χ3n) is 2.62. The Bertz CT molecular complexity index is 549. The van der Waals surface area contributed by atoms with Crippen LogP contribution >= 0.6 is 0 Å². The molecular weight excluding hydrogens is 228 g/mol. The van der Waals surface area contributed by atoms with E-state index in [-0.39, 0.29) is 5.56 Å². The Morgan fingerprint density at radius 3 is 2.78 bits per heavy atom. The van der Waals surface area contributed by atoms with Gasteiger partial charge in [-0.3, -0.25) is 4.79 Å². The summed E-state index contributed by atoms with van der Waals surface area (Å²) >= 11 is 0. The zero-order chi connectivity index (χ0) is 12.8. The summed E-state index contributed by atoms with van der Waals surface area (Å²) < 4.78 is 4.99. The van der Waals surface area contributed by atoms with Gasteiger partial charge in [0.15, 0.2) is 0 Å². The summed E-state index contributed by atoms with van der Waals surface area (Å²) in [6, 6.07) is 11.2. The van der Waals surface area contributed by atoms with Crippen LogP contribution in [0.15, 0.2) is 41.2 Å². The molecule has 0 aliphatic rings. The second-order valence-corrected chi connectivity index (χ2v) is 4.05. The maximum atomic E-state index is 11.6. The van der Waals surface area contributed by atoms with Crippen molar-refractivity contribution in [2.24, 2.45) is 0 Å². The number of aromatic nitrogens is 2. The molecule has 0 amide bonds. The normalized spacial score (nSPS) is 10.5. The van der Waals surface area contributed by atoms with Crippen LogP contribution in [-0.2, 0) is 11.2 Å². The number of hydrogen-bond donors (Lipinski definition) is 1. The van der Waals surface area contributed by atoms with E-state index >= 15 is 0 Å². The van der Waals surface area contributed by atoms with E-state index in [4.69, 9.17) is 4.74 Å². The van der Waals surface area contributed by atoms with Crippen LogP contribution in [0.4, 0.5) is 0 Å². The third-order valence-corrected chi connectivity index (χ3v) is 2.62. The van der Waals surface area contributed by atoms with E-state index in [1.807, 2.05) is 30.3 Å². The zero-order valence-corrected chi connectivity index (χ0v) is 10.3. The van der Waals surface area contributed by atoms with Gasteiger partial charge in [0.2, 0.25) is 0 Å². The maximum Gasteiger partial charge on any atom is 0.251 e. The smallest absolute Gasteiger partial charge is 0.251 e. The summed E-state index contributed by atoms with van der Waals surface area (Å²) in [6.45, 7) is 0.676. The minimum Gasteiger partial charge on any atom is -0.385 e. The molecule has 18 heavy (non-hydrogen) atoms. The van der Waals surface area contributed by atoms with Crippen LogP contribution in [-0.4, -0.2) is 23.7 Å². The molecule has 0 atom stereocenters. The second-order valence-electron chi connectivity index (χ2n) is 4.05. The molecule has 0 spiro atoms. The van der Waals surface area contributed by atoms with Gasteiger partial charge in [0.25, 0.3) is 5.56 Å². The predicted molar refractivity (Wildman–Crippen MR) is 70.5 cm³/mol. The number of aryl methyl sites for hydroxylation is 1. The van der Waals surface area contributed by atoms with Crippen LogP contribution in [0.2, 0.25) is 0 Å². The molecule has 1 N–H and O–H groups in total. The lowest BCUT2D eigenvalue weighted by Gasteiger charge is -2.04. The van der Waals surface area contributed by atoms with Crippen molar-refractivity contribution in [3.8, 4) is 11.4 Å². The Morgan fingerprint density at radius 2 is 2.06 bits per heavy atom. The molecule has 0 fully saturated rings. The van der Waals surface area contributed by atoms with Gasteiger partial charge in [-0.05, 0) is 12.8 Å². The lowest BCUT2D eigenvalue weighted by atomic mass is 10.2. The number of methoxy groups -OCH3 is 1. The third kappa shape index (κ3) is 3.28. The number of H-pyrrole nitrogens is 1. The molecule has 1 aromatic carbocycles. The lowest BCUT2D eigenvalue weighted by molar-refractivity contribution is 0.195. The van der Waals surface area contributed by atoms with Gasteiger partial charge in [-0.2, -0.15) is 0 Å². The molecule has 0 saturated carbocycles. The molecule has 2 rings (SSSR count). The highest BCUT2D eigenvalue weighted by Crippen LogP contribution is 2.12. The van der Waals surface area contributed by atoms with E-state index in [1.54, 1.807) is 13.2 Å². The van der Waals surface area contributed by atoms with Crippen molar-refractivity contribution in [1.29, 1.82) is 0 Å². The Balaban J connectivity index is 2.24. The summed E-state index contributed by atoms with van der Waals surface area (Å²) in [5.41, 5.74) is 1.61. The first kappa shape index (κ1) is 12.5. The van der Waals surface area contributed by atoms with E-state index in [0.29, 0.717) is 12.4 Å². The minimum absolute atomic E-state index is 0.115. The number of nitrogens with zero attached hydrogens (tertiary/aromatic N) is 1. The van der Waals surface area contributed by atoms with Crippen LogP contribution in [0.25, 0.3) is 11.4 Å². The number of ether oxygens (including phenoxy) is 1. The van der Waals surface area contributed by atoms with Crippen molar-refractivity contribution in [2.45, 2.75) is 12.8 Å². The van der Waals surface area contributed by atoms with Crippen molar-refractivity contribution < 1.29 is 4.74 Å². The van der Waals surface area contributed by atoms with Gasteiger partial charge >= 0.3 is 0 Å². The van der Waals surface area contributed by atoms with E-state index in [9.17, 15) is 4.79 Å². The highest BCUT2D eigenvalue weighted by atomic mass is 16.5. The van der Waals surface area contributed by atoms with Crippen molar-refractivity contribution in [3.05, 3.63) is 52.4 Å². The monoisotopic (exact) mass is 244 g/mol. The number of rotatable bonds is 5. The fourth-order valence-electron chi connectivity index (χ4n) is 1.77. The van der Waals surface area contributed by atoms with Crippen LogP contribution in [0.3, 0.4) is 0 Å². The van der Waals surface area contributed by atoms with Crippen LogP contribution in [0.1, 0.15) is 12.1 Å². The molecule has 1 heterocycles. The van der Waals surface area contributed by atoms with Gasteiger partial charge in [0.05, 0.1) is 0 Å². The summed E-state index contributed by atoms with van der Waals surface area (Å²) in [5, 5.41) is 0. The van der Waals surface area contributed by atoms with E-state index in [1.165, 1.54) is 0 Å². The second kappa shape index (κ2) is 6.12. The Hall–Kier alpha value is -1.94. The molecule has 94 valence electrons. The SMILES string of the molecule is COCCCc1cc(=O)[nH]c(-c2ccccc2)n1. The summed E-state index contributed by atoms with van der Waals surface area (Å²) in [7, 11) is 1.67. The van der Waals surface area contributed by atoms with Gasteiger partial charge < -0.3 is 9.72 Å². The minimum atomic E-state index is -0.115. The van der Waals surface area contributed by atoms with Crippen molar-refractivity contribution in [1.82, 2.24) is 9.97 Å². The molecule has 1 aromatic heterocycles. The standard InChI is InChI=1S/C14H16N2O2/c1-18-9-5-8-12-10-13(17)16-14(15-12)11-6-3-2-4-7-11/h2-4,6-7,10H,5,8-9H2,1H3,(H,15,16,17). The highest BCUT2D eigenvalue weighted by molar-refractivity contribution is 5.54. The molecule has 0 radical (unpaired) electrons. The van der Waals surface area contributed by atoms with Gasteiger partial charge in [0, 0.05) is 31.0 Å². The van der Waals surface area contributed by atoms with Crippen LogP contribution < -0.4 is 5.56 Å².